The number of nitrogens with two attached hydrogens (primary N) is 1. The predicted molar refractivity (Wildman–Crippen MR) is 84.1 cm³/mol. The summed E-state index contributed by atoms with van der Waals surface area (Å²) in [7, 11) is 0. The first-order valence-corrected chi connectivity index (χ1v) is 7.56. The molecule has 0 aliphatic carbocycles. The molecule has 1 fully saturated rings. The van der Waals surface area contributed by atoms with Gasteiger partial charge >= 0.3 is 0 Å². The van der Waals surface area contributed by atoms with Gasteiger partial charge in [0.15, 0.2) is 0 Å². The van der Waals surface area contributed by atoms with Gasteiger partial charge in [-0.3, -0.25) is 4.90 Å². The van der Waals surface area contributed by atoms with Crippen molar-refractivity contribution in [2.24, 2.45) is 5.73 Å². The summed E-state index contributed by atoms with van der Waals surface area (Å²) in [5, 5.41) is 0. The van der Waals surface area contributed by atoms with E-state index in [-0.39, 0.29) is 5.54 Å². The average molecular weight is 288 g/mol. The Morgan fingerprint density at radius 1 is 1.24 bits per heavy atom. The highest BCUT2D eigenvalue weighted by atomic mass is 16.5. The number of ether oxygens (including phenoxy) is 1. The number of para-hydroxylation sites is 2. The van der Waals surface area contributed by atoms with Crippen molar-refractivity contribution in [1.82, 2.24) is 14.5 Å². The minimum Gasteiger partial charge on any atom is -0.379 e. The van der Waals surface area contributed by atoms with E-state index in [1.54, 1.807) is 0 Å². The lowest BCUT2D eigenvalue weighted by Crippen LogP contribution is -2.39. The smallest absolute Gasteiger partial charge is 0.124 e. The predicted octanol–water partition coefficient (Wildman–Crippen LogP) is 1.61. The number of aromatic nitrogens is 2. The van der Waals surface area contributed by atoms with Gasteiger partial charge in [-0.1, -0.05) is 12.1 Å². The van der Waals surface area contributed by atoms with E-state index in [0.717, 1.165) is 50.7 Å². The third kappa shape index (κ3) is 3.43. The fraction of sp³-hybridized carbons (Fsp3) is 0.562. The summed E-state index contributed by atoms with van der Waals surface area (Å²) in [6.45, 7) is 9.29. The molecule has 21 heavy (non-hydrogen) atoms. The topological polar surface area (TPSA) is 56.3 Å². The minimum atomic E-state index is -0.261. The third-order valence-corrected chi connectivity index (χ3v) is 3.77. The highest BCUT2D eigenvalue weighted by Crippen LogP contribution is 2.20. The fourth-order valence-electron chi connectivity index (χ4n) is 2.79. The standard InChI is InChI=1S/C16H24N4O/c1-16(2,17)12-20-14-6-4-3-5-13(14)18-15(20)11-19-7-9-21-10-8-19/h3-6H,7-12,17H2,1-2H3. The molecule has 5 heteroatoms. The first-order chi connectivity index (χ1) is 10.0. The van der Waals surface area contributed by atoms with E-state index >= 15 is 0 Å². The molecular formula is C16H24N4O. The van der Waals surface area contributed by atoms with E-state index in [0.29, 0.717) is 0 Å². The van der Waals surface area contributed by atoms with Crippen LogP contribution in [0.15, 0.2) is 24.3 Å². The van der Waals surface area contributed by atoms with Crippen molar-refractivity contribution in [1.29, 1.82) is 0 Å². The Morgan fingerprint density at radius 2 is 1.95 bits per heavy atom. The molecule has 114 valence electrons. The Hall–Kier alpha value is -1.43. The Labute approximate surface area is 125 Å². The number of hydrogen-bond acceptors (Lipinski definition) is 4. The van der Waals surface area contributed by atoms with Crippen molar-refractivity contribution < 1.29 is 4.74 Å². The molecule has 1 aromatic carbocycles. The molecule has 3 rings (SSSR count). The van der Waals surface area contributed by atoms with Crippen LogP contribution in [0.1, 0.15) is 19.7 Å². The van der Waals surface area contributed by atoms with Gasteiger partial charge in [0.2, 0.25) is 0 Å². The maximum atomic E-state index is 6.24. The molecule has 1 aromatic heterocycles. The van der Waals surface area contributed by atoms with Gasteiger partial charge < -0.3 is 15.0 Å². The summed E-state index contributed by atoms with van der Waals surface area (Å²) >= 11 is 0. The second-order valence-electron chi connectivity index (χ2n) is 6.48. The fourth-order valence-corrected chi connectivity index (χ4v) is 2.79. The molecule has 0 saturated carbocycles. The van der Waals surface area contributed by atoms with E-state index in [1.807, 2.05) is 6.07 Å². The normalized spacial score (nSPS) is 17.5. The molecule has 0 amide bonds. The zero-order valence-electron chi connectivity index (χ0n) is 12.9. The third-order valence-electron chi connectivity index (χ3n) is 3.77. The van der Waals surface area contributed by atoms with Gasteiger partial charge in [-0.05, 0) is 26.0 Å². The van der Waals surface area contributed by atoms with Crippen LogP contribution in [-0.2, 0) is 17.8 Å². The highest BCUT2D eigenvalue weighted by molar-refractivity contribution is 5.75. The van der Waals surface area contributed by atoms with E-state index in [1.165, 1.54) is 5.52 Å². The van der Waals surface area contributed by atoms with Crippen LogP contribution in [0.4, 0.5) is 0 Å². The Morgan fingerprint density at radius 3 is 2.67 bits per heavy atom. The molecule has 2 aromatic rings. The molecule has 1 aliphatic rings. The summed E-state index contributed by atoms with van der Waals surface area (Å²) in [5.41, 5.74) is 8.19. The first-order valence-electron chi connectivity index (χ1n) is 7.56. The van der Waals surface area contributed by atoms with E-state index in [2.05, 4.69) is 41.5 Å². The van der Waals surface area contributed by atoms with E-state index in [4.69, 9.17) is 15.5 Å². The molecule has 5 nitrogen and oxygen atoms in total. The Bertz CT molecular complexity index is 608. The molecular weight excluding hydrogens is 264 g/mol. The lowest BCUT2D eigenvalue weighted by molar-refractivity contribution is 0.0325. The Balaban J connectivity index is 1.93. The lowest BCUT2D eigenvalue weighted by Gasteiger charge is -2.27. The zero-order chi connectivity index (χ0) is 14.9. The van der Waals surface area contributed by atoms with Gasteiger partial charge in [0, 0.05) is 25.2 Å². The first kappa shape index (κ1) is 14.5. The van der Waals surface area contributed by atoms with Crippen molar-refractivity contribution in [3.05, 3.63) is 30.1 Å². The molecule has 0 bridgehead atoms. The average Bonchev–Trinajstić information content (AvgIpc) is 2.76. The number of rotatable bonds is 4. The van der Waals surface area contributed by atoms with Gasteiger partial charge in [0.05, 0.1) is 30.8 Å². The number of morpholine rings is 1. The molecule has 0 unspecified atom stereocenters. The van der Waals surface area contributed by atoms with Crippen LogP contribution in [0.2, 0.25) is 0 Å². The van der Waals surface area contributed by atoms with Gasteiger partial charge in [0.25, 0.3) is 0 Å². The van der Waals surface area contributed by atoms with Crippen LogP contribution < -0.4 is 5.73 Å². The van der Waals surface area contributed by atoms with E-state index < -0.39 is 0 Å². The molecule has 1 aliphatic heterocycles. The highest BCUT2D eigenvalue weighted by Gasteiger charge is 2.20. The van der Waals surface area contributed by atoms with Gasteiger partial charge in [0.1, 0.15) is 5.82 Å². The summed E-state index contributed by atoms with van der Waals surface area (Å²) in [4.78, 5) is 7.21. The van der Waals surface area contributed by atoms with Crippen LogP contribution in [0.25, 0.3) is 11.0 Å². The van der Waals surface area contributed by atoms with Crippen LogP contribution in [-0.4, -0.2) is 46.3 Å². The minimum absolute atomic E-state index is 0.261. The monoisotopic (exact) mass is 288 g/mol. The molecule has 0 spiro atoms. The number of benzene rings is 1. The second kappa shape index (κ2) is 5.75. The van der Waals surface area contributed by atoms with Crippen molar-refractivity contribution in [3.8, 4) is 0 Å². The molecule has 2 N–H and O–H groups in total. The number of hydrogen-bond donors (Lipinski definition) is 1. The summed E-state index contributed by atoms with van der Waals surface area (Å²) < 4.78 is 7.69. The molecule has 0 radical (unpaired) electrons. The number of imidazole rings is 1. The lowest BCUT2D eigenvalue weighted by atomic mass is 10.1. The Kier molecular flexibility index (Phi) is 3.97. The summed E-state index contributed by atoms with van der Waals surface area (Å²) in [6, 6.07) is 8.28. The van der Waals surface area contributed by atoms with Crippen LogP contribution in [0, 0.1) is 0 Å². The number of fused-ring (bicyclic) bond motifs is 1. The summed E-state index contributed by atoms with van der Waals surface area (Å²) in [6.07, 6.45) is 0. The molecule has 2 heterocycles. The van der Waals surface area contributed by atoms with Crippen LogP contribution in [0.3, 0.4) is 0 Å². The van der Waals surface area contributed by atoms with Crippen molar-refractivity contribution in [3.63, 3.8) is 0 Å². The van der Waals surface area contributed by atoms with E-state index in [9.17, 15) is 0 Å². The zero-order valence-corrected chi connectivity index (χ0v) is 12.9. The molecule has 1 saturated heterocycles. The summed E-state index contributed by atoms with van der Waals surface area (Å²) in [5.74, 6) is 1.09. The maximum absolute atomic E-state index is 6.24. The SMILES string of the molecule is CC(C)(N)Cn1c(CN2CCOCC2)nc2ccccc21. The van der Waals surface area contributed by atoms with Crippen molar-refractivity contribution in [2.45, 2.75) is 32.5 Å². The van der Waals surface area contributed by atoms with Gasteiger partial charge in [-0.2, -0.15) is 0 Å². The largest absolute Gasteiger partial charge is 0.379 e. The second-order valence-corrected chi connectivity index (χ2v) is 6.48. The van der Waals surface area contributed by atoms with Crippen molar-refractivity contribution >= 4 is 11.0 Å². The quantitative estimate of drug-likeness (QED) is 0.928. The molecule has 0 atom stereocenters. The van der Waals surface area contributed by atoms with Crippen LogP contribution in [0.5, 0.6) is 0 Å². The van der Waals surface area contributed by atoms with Crippen LogP contribution >= 0.6 is 0 Å². The van der Waals surface area contributed by atoms with Gasteiger partial charge in [-0.15, -0.1) is 0 Å². The number of nitrogens with zero attached hydrogens (tertiary/aromatic N) is 3. The van der Waals surface area contributed by atoms with Crippen molar-refractivity contribution in [2.75, 3.05) is 26.3 Å². The maximum Gasteiger partial charge on any atom is 0.124 e. The van der Waals surface area contributed by atoms with Gasteiger partial charge in [-0.25, -0.2) is 4.98 Å².